The van der Waals surface area contributed by atoms with E-state index in [4.69, 9.17) is 19.0 Å². The minimum Gasteiger partial charge on any atom is -0.497 e. The third-order valence-corrected chi connectivity index (χ3v) is 8.75. The number of halogens is 1. The van der Waals surface area contributed by atoms with Crippen LogP contribution in [-0.2, 0) is 30.5 Å². The predicted molar refractivity (Wildman–Crippen MR) is 145 cm³/mol. The van der Waals surface area contributed by atoms with Crippen molar-refractivity contribution in [3.63, 3.8) is 0 Å². The zero-order valence-electron chi connectivity index (χ0n) is 22.4. The average molecular weight is 593 g/mol. The highest BCUT2D eigenvalue weighted by molar-refractivity contribution is 9.12. The van der Waals surface area contributed by atoms with E-state index >= 15 is 0 Å². The molecule has 1 aliphatic heterocycles. The van der Waals surface area contributed by atoms with Gasteiger partial charge in [0.25, 0.3) is 0 Å². The number of carbonyl (C=O) groups is 2. The van der Waals surface area contributed by atoms with Gasteiger partial charge in [0.1, 0.15) is 11.9 Å². The van der Waals surface area contributed by atoms with Crippen LogP contribution in [-0.4, -0.2) is 61.6 Å². The summed E-state index contributed by atoms with van der Waals surface area (Å²) in [7, 11) is 4.55. The second-order valence-electron chi connectivity index (χ2n) is 10.6. The van der Waals surface area contributed by atoms with Gasteiger partial charge >= 0.3 is 5.97 Å². The fourth-order valence-corrected chi connectivity index (χ4v) is 6.55. The Bertz CT molecular complexity index is 1040. The highest BCUT2D eigenvalue weighted by Gasteiger charge is 2.47. The molecule has 0 saturated heterocycles. The first kappa shape index (κ1) is 28.8. The van der Waals surface area contributed by atoms with Crippen molar-refractivity contribution in [3.05, 3.63) is 52.5 Å². The van der Waals surface area contributed by atoms with Crippen molar-refractivity contribution in [3.8, 4) is 5.75 Å². The van der Waals surface area contributed by atoms with Gasteiger partial charge in [0, 0.05) is 19.4 Å². The number of hydrogen-bond acceptors (Lipinski definition) is 7. The molecule has 4 rings (SSSR count). The number of hydrogen-bond donors (Lipinski definition) is 1. The molecule has 8 atom stereocenters. The van der Waals surface area contributed by atoms with Crippen molar-refractivity contribution in [1.82, 2.24) is 5.06 Å². The molecule has 1 N–H and O–H groups in total. The topological polar surface area (TPSA) is 94.5 Å². The van der Waals surface area contributed by atoms with E-state index in [1.54, 1.807) is 7.11 Å². The number of esters is 1. The Balaban J connectivity index is 1.49. The summed E-state index contributed by atoms with van der Waals surface area (Å²) in [6.07, 6.45) is 6.59. The van der Waals surface area contributed by atoms with Crippen molar-refractivity contribution >= 4 is 27.8 Å². The predicted octanol–water partition coefficient (Wildman–Crippen LogP) is 4.41. The molecule has 0 unspecified atom stereocenters. The van der Waals surface area contributed by atoms with Gasteiger partial charge in [-0.1, -0.05) is 37.3 Å². The second kappa shape index (κ2) is 12.8. The number of ether oxygens (including phenoxy) is 3. The first-order chi connectivity index (χ1) is 18.2. The van der Waals surface area contributed by atoms with Gasteiger partial charge in [0.05, 0.1) is 43.9 Å². The molecule has 9 heteroatoms. The largest absolute Gasteiger partial charge is 0.497 e. The quantitative estimate of drug-likeness (QED) is 0.285. The van der Waals surface area contributed by atoms with Crippen LogP contribution in [0.15, 0.2) is 47.0 Å². The Kier molecular flexibility index (Phi) is 9.68. The van der Waals surface area contributed by atoms with Gasteiger partial charge in [-0.05, 0) is 70.1 Å². The van der Waals surface area contributed by atoms with Gasteiger partial charge in [-0.15, -0.1) is 0 Å². The Morgan fingerprint density at radius 3 is 2.55 bits per heavy atom. The lowest BCUT2D eigenvalue weighted by molar-refractivity contribution is -0.173. The number of rotatable bonds is 7. The lowest BCUT2D eigenvalue weighted by Gasteiger charge is -2.38. The third kappa shape index (κ3) is 6.68. The van der Waals surface area contributed by atoms with E-state index in [1.165, 1.54) is 14.2 Å². The molecule has 2 aliphatic carbocycles. The number of benzene rings is 1. The maximum absolute atomic E-state index is 12.9. The molecule has 38 heavy (non-hydrogen) atoms. The molecule has 8 nitrogen and oxygen atoms in total. The van der Waals surface area contributed by atoms with Crippen LogP contribution in [0.3, 0.4) is 0 Å². The maximum atomic E-state index is 12.9. The molecule has 0 radical (unpaired) electrons. The van der Waals surface area contributed by atoms with Gasteiger partial charge in [0.2, 0.25) is 5.91 Å². The Labute approximate surface area is 233 Å². The minimum atomic E-state index is -0.748. The van der Waals surface area contributed by atoms with Gasteiger partial charge in [0.15, 0.2) is 0 Å². The molecule has 1 heterocycles. The number of cyclic esters (lactones) is 1. The highest BCUT2D eigenvalue weighted by atomic mass is 79.9. The monoisotopic (exact) mass is 591 g/mol. The number of methoxy groups -OCH3 is 1. The molecule has 1 aromatic rings. The summed E-state index contributed by atoms with van der Waals surface area (Å²) in [5, 5.41) is 12.0. The fraction of sp³-hybridized carbons (Fsp3) is 0.586. The fourth-order valence-electron chi connectivity index (χ4n) is 6.16. The van der Waals surface area contributed by atoms with E-state index in [2.05, 4.69) is 35.0 Å². The number of allylic oxidation sites excluding steroid dienone is 2. The van der Waals surface area contributed by atoms with Gasteiger partial charge in [-0.3, -0.25) is 9.63 Å². The number of amides is 1. The number of aliphatic hydroxyl groups is 1. The van der Waals surface area contributed by atoms with Gasteiger partial charge in [-0.2, -0.15) is 0 Å². The molecule has 1 fully saturated rings. The molecule has 0 spiro atoms. The summed E-state index contributed by atoms with van der Waals surface area (Å²) in [4.78, 5) is 30.2. The highest BCUT2D eigenvalue weighted by Crippen LogP contribution is 2.50. The van der Waals surface area contributed by atoms with Crippen LogP contribution < -0.4 is 4.74 Å². The molecule has 208 valence electrons. The van der Waals surface area contributed by atoms with E-state index in [0.29, 0.717) is 23.4 Å². The summed E-state index contributed by atoms with van der Waals surface area (Å²) < 4.78 is 17.7. The summed E-state index contributed by atoms with van der Waals surface area (Å²) in [5.41, 5.74) is 1.09. The van der Waals surface area contributed by atoms with E-state index in [9.17, 15) is 14.7 Å². The van der Waals surface area contributed by atoms with Crippen LogP contribution in [0, 0.1) is 29.6 Å². The van der Waals surface area contributed by atoms with Crippen molar-refractivity contribution in [1.29, 1.82) is 0 Å². The van der Waals surface area contributed by atoms with Crippen molar-refractivity contribution in [2.45, 2.75) is 57.5 Å². The number of nitrogens with zero attached hydrogens (tertiary/aromatic N) is 1. The number of fused-ring (bicyclic) bond motifs is 3. The zero-order chi connectivity index (χ0) is 27.4. The molecule has 1 saturated carbocycles. The molecule has 1 amide bonds. The molecule has 0 aromatic heterocycles. The molecular formula is C29H38BrNO7. The Hall–Kier alpha value is -2.20. The van der Waals surface area contributed by atoms with Crippen LogP contribution in [0.1, 0.15) is 38.2 Å². The summed E-state index contributed by atoms with van der Waals surface area (Å²) >= 11 is 3.45. The average Bonchev–Trinajstić information content (AvgIpc) is 3.22. The first-order valence-corrected chi connectivity index (χ1v) is 14.0. The van der Waals surface area contributed by atoms with E-state index in [0.717, 1.165) is 22.8 Å². The Morgan fingerprint density at radius 1 is 1.13 bits per heavy atom. The number of hydroxylamine groups is 2. The third-order valence-electron chi connectivity index (χ3n) is 8.16. The maximum Gasteiger partial charge on any atom is 0.345 e. The summed E-state index contributed by atoms with van der Waals surface area (Å²) in [5.74, 6) is 0.922. The van der Waals surface area contributed by atoms with E-state index < -0.39 is 18.2 Å². The normalized spacial score (nSPS) is 34.4. The number of carbonyl (C=O) groups excluding carboxylic acids is 2. The molecule has 3 aliphatic rings. The SMILES string of the molecule is COc1ccc(CO[C@H]2[C@@H]3C=C[C@H]4C[C@H](O)C[C@@H](CC(=O)N(C)OC)OC(=O)/C(Br)=C\[C@H]4[C@@H]3C[C@H]2C)cc1. The summed E-state index contributed by atoms with van der Waals surface area (Å²) in [6.45, 7) is 2.74. The standard InChI is InChI=1S/C29H38BrNO7/c1-17-11-25-23(28(17)37-16-18-5-8-21(35-3)9-6-18)10-7-19-12-20(32)13-22(14-27(33)31(2)36-4)38-29(34)26(30)15-24(19)25/h5-10,15,17,19-20,22-25,28,32H,11-14,16H2,1-4H3/b26-15+/t17-,19+,20+,22+,23-,24-,25-,28-/m1/s1. The lowest BCUT2D eigenvalue weighted by Crippen LogP contribution is -2.37. The molecule has 0 bridgehead atoms. The van der Waals surface area contributed by atoms with Gasteiger partial charge in [-0.25, -0.2) is 9.86 Å². The van der Waals surface area contributed by atoms with Crippen LogP contribution in [0.5, 0.6) is 5.75 Å². The minimum absolute atomic E-state index is 0.0522. The summed E-state index contributed by atoms with van der Waals surface area (Å²) in [6, 6.07) is 7.91. The van der Waals surface area contributed by atoms with Gasteiger partial charge < -0.3 is 19.3 Å². The first-order valence-electron chi connectivity index (χ1n) is 13.2. The van der Waals surface area contributed by atoms with Crippen LogP contribution >= 0.6 is 15.9 Å². The van der Waals surface area contributed by atoms with Crippen molar-refractivity contribution < 1.29 is 33.7 Å². The van der Waals surface area contributed by atoms with Crippen LogP contribution in [0.4, 0.5) is 0 Å². The second-order valence-corrected chi connectivity index (χ2v) is 11.5. The van der Waals surface area contributed by atoms with Crippen LogP contribution in [0.25, 0.3) is 0 Å². The number of aliphatic hydroxyl groups excluding tert-OH is 1. The van der Waals surface area contributed by atoms with Crippen molar-refractivity contribution in [2.75, 3.05) is 21.3 Å². The molecule has 1 aromatic carbocycles. The van der Waals surface area contributed by atoms with Crippen LogP contribution in [0.2, 0.25) is 0 Å². The zero-order valence-corrected chi connectivity index (χ0v) is 24.0. The lowest BCUT2D eigenvalue weighted by atomic mass is 9.69. The smallest absolute Gasteiger partial charge is 0.345 e. The van der Waals surface area contributed by atoms with Crippen molar-refractivity contribution in [2.24, 2.45) is 29.6 Å². The van der Waals surface area contributed by atoms with E-state index in [1.807, 2.05) is 30.3 Å². The Morgan fingerprint density at radius 2 is 1.87 bits per heavy atom. The van der Waals surface area contributed by atoms with E-state index in [-0.39, 0.29) is 48.5 Å². The molecular weight excluding hydrogens is 554 g/mol.